The molecule has 0 aliphatic carbocycles. The first-order valence-corrected chi connectivity index (χ1v) is 8.11. The minimum atomic E-state index is 0.288. The highest BCUT2D eigenvalue weighted by Gasteiger charge is 2.12. The Balaban J connectivity index is 1.95. The number of para-hydroxylation sites is 1. The summed E-state index contributed by atoms with van der Waals surface area (Å²) in [4.78, 5) is 7.10. The number of thiazole rings is 1. The Labute approximate surface area is 125 Å². The molecule has 0 aliphatic heterocycles. The molecule has 2 aromatic rings. The molecular formula is C15H24N4S. The Morgan fingerprint density at radius 1 is 1.30 bits per heavy atom. The molecule has 3 N–H and O–H groups in total. The predicted molar refractivity (Wildman–Crippen MR) is 86.8 cm³/mol. The van der Waals surface area contributed by atoms with Gasteiger partial charge < -0.3 is 4.90 Å². The summed E-state index contributed by atoms with van der Waals surface area (Å²) in [5.41, 5.74) is 4.03. The highest BCUT2D eigenvalue weighted by molar-refractivity contribution is 7.18. The van der Waals surface area contributed by atoms with Gasteiger partial charge in [0, 0.05) is 12.5 Å². The molecule has 1 aromatic carbocycles. The molecule has 5 heteroatoms. The van der Waals surface area contributed by atoms with Gasteiger partial charge in [-0.3, -0.25) is 11.3 Å². The number of rotatable bonds is 8. The average Bonchev–Trinajstić information content (AvgIpc) is 2.89. The lowest BCUT2D eigenvalue weighted by atomic mass is 10.1. The lowest BCUT2D eigenvalue weighted by Gasteiger charge is -2.21. The molecule has 20 heavy (non-hydrogen) atoms. The Morgan fingerprint density at radius 3 is 2.70 bits per heavy atom. The summed E-state index contributed by atoms with van der Waals surface area (Å²) in [5, 5.41) is 1.16. The number of aromatic nitrogens is 1. The van der Waals surface area contributed by atoms with Crippen LogP contribution in [-0.2, 0) is 6.42 Å². The van der Waals surface area contributed by atoms with E-state index in [1.807, 2.05) is 6.07 Å². The van der Waals surface area contributed by atoms with E-state index in [-0.39, 0.29) is 6.04 Å². The van der Waals surface area contributed by atoms with Crippen LogP contribution in [0.25, 0.3) is 10.2 Å². The summed E-state index contributed by atoms with van der Waals surface area (Å²) in [6.45, 7) is 7.65. The van der Waals surface area contributed by atoms with Gasteiger partial charge in [-0.25, -0.2) is 4.98 Å². The van der Waals surface area contributed by atoms with Crippen LogP contribution >= 0.6 is 11.3 Å². The van der Waals surface area contributed by atoms with E-state index in [1.54, 1.807) is 11.3 Å². The average molecular weight is 292 g/mol. The number of fused-ring (bicyclic) bond motifs is 1. The highest BCUT2D eigenvalue weighted by atomic mass is 32.1. The van der Waals surface area contributed by atoms with Crippen LogP contribution in [0.4, 0.5) is 0 Å². The maximum Gasteiger partial charge on any atom is 0.0954 e. The first-order valence-electron chi connectivity index (χ1n) is 7.29. The molecule has 0 amide bonds. The van der Waals surface area contributed by atoms with Gasteiger partial charge in [0.1, 0.15) is 0 Å². The highest BCUT2D eigenvalue weighted by Crippen LogP contribution is 2.22. The van der Waals surface area contributed by atoms with Crippen molar-refractivity contribution in [3.05, 3.63) is 29.3 Å². The van der Waals surface area contributed by atoms with E-state index in [9.17, 15) is 0 Å². The molecule has 0 saturated heterocycles. The van der Waals surface area contributed by atoms with Crippen LogP contribution < -0.4 is 11.3 Å². The van der Waals surface area contributed by atoms with Crippen LogP contribution in [0.15, 0.2) is 24.3 Å². The molecule has 1 aromatic heterocycles. The molecule has 2 rings (SSSR count). The standard InChI is InChI=1S/C15H24N4S/c1-3-19(4-2)10-9-12(18-16)11-15-17-13-7-5-6-8-14(13)20-15/h5-8,12,18H,3-4,9-11,16H2,1-2H3. The minimum absolute atomic E-state index is 0.288. The Kier molecular flexibility index (Phi) is 5.91. The fourth-order valence-corrected chi connectivity index (χ4v) is 3.39. The van der Waals surface area contributed by atoms with Crippen LogP contribution in [0.2, 0.25) is 0 Å². The second-order valence-electron chi connectivity index (χ2n) is 4.96. The van der Waals surface area contributed by atoms with Crippen molar-refractivity contribution < 1.29 is 0 Å². The van der Waals surface area contributed by atoms with Crippen molar-refractivity contribution in [3.8, 4) is 0 Å². The molecule has 4 nitrogen and oxygen atoms in total. The quantitative estimate of drug-likeness (QED) is 0.579. The van der Waals surface area contributed by atoms with Crippen molar-refractivity contribution in [1.29, 1.82) is 0 Å². The zero-order chi connectivity index (χ0) is 14.4. The summed E-state index contributed by atoms with van der Waals surface area (Å²) in [6, 6.07) is 8.57. The normalized spacial score (nSPS) is 13.2. The van der Waals surface area contributed by atoms with Crippen molar-refractivity contribution in [1.82, 2.24) is 15.3 Å². The second kappa shape index (κ2) is 7.69. The van der Waals surface area contributed by atoms with Gasteiger partial charge in [0.2, 0.25) is 0 Å². The number of benzene rings is 1. The fraction of sp³-hybridized carbons (Fsp3) is 0.533. The van der Waals surface area contributed by atoms with Crippen molar-refractivity contribution in [2.45, 2.75) is 32.7 Å². The van der Waals surface area contributed by atoms with Gasteiger partial charge >= 0.3 is 0 Å². The molecule has 1 unspecified atom stereocenters. The molecule has 0 radical (unpaired) electrons. The molecular weight excluding hydrogens is 268 g/mol. The van der Waals surface area contributed by atoms with Crippen LogP contribution in [0.1, 0.15) is 25.3 Å². The Morgan fingerprint density at radius 2 is 2.05 bits per heavy atom. The largest absolute Gasteiger partial charge is 0.304 e. The number of nitrogens with two attached hydrogens (primary N) is 1. The SMILES string of the molecule is CCN(CC)CCC(Cc1nc2ccccc2s1)NN. The summed E-state index contributed by atoms with van der Waals surface area (Å²) in [6.07, 6.45) is 1.95. The van der Waals surface area contributed by atoms with E-state index in [4.69, 9.17) is 5.84 Å². The minimum Gasteiger partial charge on any atom is -0.304 e. The smallest absolute Gasteiger partial charge is 0.0954 e. The number of hydrogen-bond acceptors (Lipinski definition) is 5. The number of nitrogens with zero attached hydrogens (tertiary/aromatic N) is 2. The van der Waals surface area contributed by atoms with Gasteiger partial charge in [0.25, 0.3) is 0 Å². The van der Waals surface area contributed by atoms with Crippen molar-refractivity contribution >= 4 is 21.6 Å². The second-order valence-corrected chi connectivity index (χ2v) is 6.07. The van der Waals surface area contributed by atoms with E-state index in [0.29, 0.717) is 0 Å². The van der Waals surface area contributed by atoms with Crippen LogP contribution in [0, 0.1) is 0 Å². The molecule has 0 aliphatic rings. The number of hydrogen-bond donors (Lipinski definition) is 2. The molecule has 0 fully saturated rings. The van der Waals surface area contributed by atoms with E-state index in [1.165, 1.54) is 4.70 Å². The fourth-order valence-electron chi connectivity index (χ4n) is 2.34. The maximum absolute atomic E-state index is 5.69. The van der Waals surface area contributed by atoms with Gasteiger partial charge in [-0.1, -0.05) is 26.0 Å². The van der Waals surface area contributed by atoms with Crippen LogP contribution in [-0.4, -0.2) is 35.6 Å². The van der Waals surface area contributed by atoms with Crippen LogP contribution in [0.5, 0.6) is 0 Å². The summed E-state index contributed by atoms with van der Waals surface area (Å²) >= 11 is 1.77. The van der Waals surface area contributed by atoms with Crippen molar-refractivity contribution in [2.75, 3.05) is 19.6 Å². The lowest BCUT2D eigenvalue weighted by Crippen LogP contribution is -2.39. The third kappa shape index (κ3) is 3.99. The maximum atomic E-state index is 5.69. The Bertz CT molecular complexity index is 488. The zero-order valence-electron chi connectivity index (χ0n) is 12.3. The van der Waals surface area contributed by atoms with Gasteiger partial charge in [0.15, 0.2) is 0 Å². The summed E-state index contributed by atoms with van der Waals surface area (Å²) in [7, 11) is 0. The molecule has 0 saturated carbocycles. The van der Waals surface area contributed by atoms with Crippen molar-refractivity contribution in [2.24, 2.45) is 5.84 Å². The summed E-state index contributed by atoms with van der Waals surface area (Å²) in [5.74, 6) is 5.69. The van der Waals surface area contributed by atoms with E-state index in [0.717, 1.165) is 43.0 Å². The van der Waals surface area contributed by atoms with E-state index < -0.39 is 0 Å². The lowest BCUT2D eigenvalue weighted by molar-refractivity contribution is 0.281. The monoisotopic (exact) mass is 292 g/mol. The molecule has 1 atom stereocenters. The first kappa shape index (κ1) is 15.4. The molecule has 110 valence electrons. The van der Waals surface area contributed by atoms with E-state index in [2.05, 4.69) is 47.4 Å². The Hall–Kier alpha value is -1.01. The van der Waals surface area contributed by atoms with E-state index >= 15 is 0 Å². The molecule has 1 heterocycles. The topological polar surface area (TPSA) is 54.2 Å². The van der Waals surface area contributed by atoms with Crippen molar-refractivity contribution in [3.63, 3.8) is 0 Å². The molecule has 0 spiro atoms. The third-order valence-electron chi connectivity index (χ3n) is 3.68. The van der Waals surface area contributed by atoms with Gasteiger partial charge in [-0.05, 0) is 38.2 Å². The summed E-state index contributed by atoms with van der Waals surface area (Å²) < 4.78 is 1.25. The predicted octanol–water partition coefficient (Wildman–Crippen LogP) is 2.40. The van der Waals surface area contributed by atoms with Gasteiger partial charge in [0.05, 0.1) is 15.2 Å². The number of hydrazine groups is 1. The van der Waals surface area contributed by atoms with Gasteiger partial charge in [-0.15, -0.1) is 11.3 Å². The zero-order valence-corrected chi connectivity index (χ0v) is 13.1. The molecule has 0 bridgehead atoms. The van der Waals surface area contributed by atoms with Crippen LogP contribution in [0.3, 0.4) is 0 Å². The third-order valence-corrected chi connectivity index (χ3v) is 4.74. The first-order chi connectivity index (χ1) is 9.76. The number of nitrogens with one attached hydrogen (secondary N) is 1. The van der Waals surface area contributed by atoms with Gasteiger partial charge in [-0.2, -0.15) is 0 Å².